The summed E-state index contributed by atoms with van der Waals surface area (Å²) in [7, 11) is -3.71. The van der Waals surface area contributed by atoms with Crippen LogP contribution in [0.2, 0.25) is 0 Å². The van der Waals surface area contributed by atoms with Crippen LogP contribution in [0.4, 0.5) is 4.39 Å². The third-order valence-corrected chi connectivity index (χ3v) is 4.17. The molecule has 0 aromatic heterocycles. The summed E-state index contributed by atoms with van der Waals surface area (Å²) < 4.78 is 40.1. The summed E-state index contributed by atoms with van der Waals surface area (Å²) in [6.07, 6.45) is 0.647. The molecule has 0 radical (unpaired) electrons. The molecule has 0 saturated heterocycles. The van der Waals surface area contributed by atoms with E-state index in [1.807, 2.05) is 6.92 Å². The van der Waals surface area contributed by atoms with Gasteiger partial charge < -0.3 is 0 Å². The van der Waals surface area contributed by atoms with Gasteiger partial charge in [0.15, 0.2) is 5.78 Å². The van der Waals surface area contributed by atoms with Crippen LogP contribution in [-0.2, 0) is 10.0 Å². The van der Waals surface area contributed by atoms with E-state index in [-0.39, 0.29) is 10.5 Å². The molecular weight excluding hydrogens is 281 g/mol. The zero-order valence-electron chi connectivity index (χ0n) is 12.2. The van der Waals surface area contributed by atoms with Crippen LogP contribution in [0.3, 0.4) is 0 Å². The number of Topliss-reactive ketones (excluding diaryl/α,β-unsaturated/α-hetero) is 1. The van der Waals surface area contributed by atoms with Crippen molar-refractivity contribution >= 4 is 15.8 Å². The number of hydrogen-bond donors (Lipinski definition) is 1. The quantitative estimate of drug-likeness (QED) is 0.851. The molecule has 0 bridgehead atoms. The molecule has 0 aliphatic rings. The third-order valence-electron chi connectivity index (χ3n) is 2.72. The molecule has 1 aromatic carbocycles. The van der Waals surface area contributed by atoms with E-state index in [0.29, 0.717) is 13.0 Å². The minimum atomic E-state index is -3.71. The SMILES string of the molecule is CCCNS(=O)(=O)c1ccc(F)c(C(=O)C(C)(C)C)c1. The molecule has 112 valence electrons. The Labute approximate surface area is 119 Å². The first kappa shape index (κ1) is 16.8. The molecule has 20 heavy (non-hydrogen) atoms. The van der Waals surface area contributed by atoms with E-state index < -0.39 is 27.0 Å². The summed E-state index contributed by atoms with van der Waals surface area (Å²) in [5.74, 6) is -1.14. The van der Waals surface area contributed by atoms with E-state index in [4.69, 9.17) is 0 Å². The predicted octanol–water partition coefficient (Wildman–Crippen LogP) is 2.74. The summed E-state index contributed by atoms with van der Waals surface area (Å²) in [5, 5.41) is 0. The van der Waals surface area contributed by atoms with Crippen molar-refractivity contribution in [2.75, 3.05) is 6.54 Å². The van der Waals surface area contributed by atoms with E-state index in [2.05, 4.69) is 4.72 Å². The normalized spacial score (nSPS) is 12.4. The largest absolute Gasteiger partial charge is 0.293 e. The Bertz CT molecular complexity index is 603. The number of nitrogens with one attached hydrogen (secondary N) is 1. The smallest absolute Gasteiger partial charge is 0.240 e. The lowest BCUT2D eigenvalue weighted by Crippen LogP contribution is -2.26. The maximum absolute atomic E-state index is 13.8. The third kappa shape index (κ3) is 3.86. The van der Waals surface area contributed by atoms with Gasteiger partial charge in [-0.05, 0) is 24.6 Å². The van der Waals surface area contributed by atoms with Crippen molar-refractivity contribution in [1.82, 2.24) is 4.72 Å². The highest BCUT2D eigenvalue weighted by Crippen LogP contribution is 2.24. The van der Waals surface area contributed by atoms with Crippen LogP contribution in [0.25, 0.3) is 0 Å². The van der Waals surface area contributed by atoms with Gasteiger partial charge in [0.25, 0.3) is 0 Å². The Morgan fingerprint density at radius 2 is 1.90 bits per heavy atom. The fourth-order valence-corrected chi connectivity index (χ4v) is 2.73. The van der Waals surface area contributed by atoms with Gasteiger partial charge in [-0.25, -0.2) is 17.5 Å². The number of benzene rings is 1. The van der Waals surface area contributed by atoms with Gasteiger partial charge in [-0.3, -0.25) is 4.79 Å². The average Bonchev–Trinajstić information content (AvgIpc) is 2.35. The molecule has 1 N–H and O–H groups in total. The highest BCUT2D eigenvalue weighted by Gasteiger charge is 2.27. The van der Waals surface area contributed by atoms with Crippen LogP contribution >= 0.6 is 0 Å². The van der Waals surface area contributed by atoms with Crippen LogP contribution in [-0.4, -0.2) is 20.7 Å². The summed E-state index contributed by atoms with van der Waals surface area (Å²) in [5.41, 5.74) is -0.975. The number of ketones is 1. The number of carbonyl (C=O) groups excluding carboxylic acids is 1. The minimum Gasteiger partial charge on any atom is -0.293 e. The van der Waals surface area contributed by atoms with Gasteiger partial charge in [0.2, 0.25) is 10.0 Å². The fraction of sp³-hybridized carbons (Fsp3) is 0.500. The molecule has 4 nitrogen and oxygen atoms in total. The van der Waals surface area contributed by atoms with Crippen LogP contribution < -0.4 is 4.72 Å². The Balaban J connectivity index is 3.25. The van der Waals surface area contributed by atoms with Gasteiger partial charge in [-0.15, -0.1) is 0 Å². The molecule has 0 heterocycles. The van der Waals surface area contributed by atoms with Crippen molar-refractivity contribution in [2.45, 2.75) is 39.0 Å². The maximum Gasteiger partial charge on any atom is 0.240 e. The fourth-order valence-electron chi connectivity index (χ4n) is 1.57. The number of sulfonamides is 1. The van der Waals surface area contributed by atoms with Gasteiger partial charge in [0, 0.05) is 12.0 Å². The molecular formula is C14H20FNO3S. The van der Waals surface area contributed by atoms with Gasteiger partial charge in [-0.2, -0.15) is 0 Å². The number of hydrogen-bond acceptors (Lipinski definition) is 3. The minimum absolute atomic E-state index is 0.0973. The first-order valence-electron chi connectivity index (χ1n) is 6.43. The van der Waals surface area contributed by atoms with Crippen molar-refractivity contribution in [3.8, 4) is 0 Å². The summed E-state index contributed by atoms with van der Waals surface area (Å²) in [6.45, 7) is 7.10. The van der Waals surface area contributed by atoms with Crippen LogP contribution in [0, 0.1) is 11.2 Å². The van der Waals surface area contributed by atoms with Crippen molar-refractivity contribution in [2.24, 2.45) is 5.41 Å². The molecule has 0 atom stereocenters. The molecule has 0 aliphatic heterocycles. The maximum atomic E-state index is 13.8. The highest BCUT2D eigenvalue weighted by atomic mass is 32.2. The van der Waals surface area contributed by atoms with E-state index in [1.165, 1.54) is 0 Å². The number of rotatable bonds is 5. The van der Waals surface area contributed by atoms with Crippen molar-refractivity contribution in [1.29, 1.82) is 0 Å². The molecule has 0 unspecified atom stereocenters. The Morgan fingerprint density at radius 3 is 2.40 bits per heavy atom. The monoisotopic (exact) mass is 301 g/mol. The number of carbonyl (C=O) groups is 1. The zero-order valence-corrected chi connectivity index (χ0v) is 13.0. The summed E-state index contributed by atoms with van der Waals surface area (Å²) in [6, 6.07) is 3.27. The zero-order chi connectivity index (χ0) is 15.6. The van der Waals surface area contributed by atoms with Crippen LogP contribution in [0.5, 0.6) is 0 Å². The second-order valence-corrected chi connectivity index (χ2v) is 7.39. The highest BCUT2D eigenvalue weighted by molar-refractivity contribution is 7.89. The van der Waals surface area contributed by atoms with E-state index in [1.54, 1.807) is 20.8 Å². The van der Waals surface area contributed by atoms with E-state index in [0.717, 1.165) is 18.2 Å². The molecule has 0 spiro atoms. The Morgan fingerprint density at radius 1 is 1.30 bits per heavy atom. The second-order valence-electron chi connectivity index (χ2n) is 5.62. The lowest BCUT2D eigenvalue weighted by molar-refractivity contribution is 0.0853. The van der Waals surface area contributed by atoms with Gasteiger partial charge >= 0.3 is 0 Å². The lowest BCUT2D eigenvalue weighted by atomic mass is 9.86. The first-order valence-corrected chi connectivity index (χ1v) is 7.92. The summed E-state index contributed by atoms with van der Waals surface area (Å²) >= 11 is 0. The van der Waals surface area contributed by atoms with Crippen LogP contribution in [0.15, 0.2) is 23.1 Å². The predicted molar refractivity (Wildman–Crippen MR) is 75.7 cm³/mol. The van der Waals surface area contributed by atoms with Crippen molar-refractivity contribution in [3.05, 3.63) is 29.6 Å². The van der Waals surface area contributed by atoms with Gasteiger partial charge in [0.05, 0.1) is 10.5 Å². The van der Waals surface area contributed by atoms with Crippen molar-refractivity contribution in [3.63, 3.8) is 0 Å². The number of halogens is 1. The molecule has 0 fully saturated rings. The van der Waals surface area contributed by atoms with Crippen LogP contribution in [0.1, 0.15) is 44.5 Å². The second kappa shape index (κ2) is 6.01. The van der Waals surface area contributed by atoms with Gasteiger partial charge in [0.1, 0.15) is 5.82 Å². The average molecular weight is 301 g/mol. The molecule has 1 rings (SSSR count). The lowest BCUT2D eigenvalue weighted by Gasteiger charge is -2.17. The summed E-state index contributed by atoms with van der Waals surface area (Å²) in [4.78, 5) is 12.0. The molecule has 0 saturated carbocycles. The van der Waals surface area contributed by atoms with E-state index in [9.17, 15) is 17.6 Å². The molecule has 0 amide bonds. The Kier molecular flexibility index (Phi) is 5.05. The molecule has 0 aliphatic carbocycles. The molecule has 1 aromatic rings. The first-order chi connectivity index (χ1) is 9.09. The Hall–Kier alpha value is -1.27. The van der Waals surface area contributed by atoms with E-state index >= 15 is 0 Å². The standard InChI is InChI=1S/C14H20FNO3S/c1-5-8-16-20(18,19)10-6-7-12(15)11(9-10)13(17)14(2,3)4/h6-7,9,16H,5,8H2,1-4H3. The van der Waals surface area contributed by atoms with Crippen molar-refractivity contribution < 1.29 is 17.6 Å². The molecule has 6 heteroatoms. The van der Waals surface area contributed by atoms with Gasteiger partial charge in [-0.1, -0.05) is 27.7 Å². The topological polar surface area (TPSA) is 63.2 Å².